The van der Waals surface area contributed by atoms with Crippen molar-refractivity contribution >= 4 is 17.2 Å². The molecular weight excluding hydrogens is 308 g/mol. The van der Waals surface area contributed by atoms with Gasteiger partial charge in [-0.15, -0.1) is 11.3 Å². The molecule has 5 nitrogen and oxygen atoms in total. The van der Waals surface area contributed by atoms with Gasteiger partial charge < -0.3 is 5.32 Å². The molecule has 2 aromatic heterocycles. The van der Waals surface area contributed by atoms with Crippen LogP contribution in [-0.2, 0) is 6.42 Å². The van der Waals surface area contributed by atoms with E-state index in [1.165, 1.54) is 11.3 Å². The number of carbonyl (C=O) groups excluding carboxylic acids is 1. The van der Waals surface area contributed by atoms with Crippen molar-refractivity contribution in [2.24, 2.45) is 0 Å². The van der Waals surface area contributed by atoms with Gasteiger partial charge in [0.1, 0.15) is 10.7 Å². The maximum absolute atomic E-state index is 12.3. The van der Waals surface area contributed by atoms with Crippen LogP contribution in [0.5, 0.6) is 0 Å². The van der Waals surface area contributed by atoms with Crippen LogP contribution in [0.1, 0.15) is 28.8 Å². The number of aryl methyl sites for hydroxylation is 1. The highest BCUT2D eigenvalue weighted by atomic mass is 32.1. The maximum Gasteiger partial charge on any atom is 0.270 e. The number of nitrogens with zero attached hydrogens (tertiary/aromatic N) is 2. The smallest absolute Gasteiger partial charge is 0.270 e. The molecule has 0 bridgehead atoms. The summed E-state index contributed by atoms with van der Waals surface area (Å²) in [5.74, 6) is -0.150. The van der Waals surface area contributed by atoms with Crippen LogP contribution in [0.15, 0.2) is 41.8 Å². The van der Waals surface area contributed by atoms with E-state index >= 15 is 0 Å². The molecule has 3 rings (SSSR count). The van der Waals surface area contributed by atoms with Crippen molar-refractivity contribution in [3.8, 4) is 10.6 Å². The first-order valence-electron chi connectivity index (χ1n) is 7.44. The van der Waals surface area contributed by atoms with Gasteiger partial charge in [-0.3, -0.25) is 9.89 Å². The molecule has 0 fully saturated rings. The molecule has 2 heterocycles. The van der Waals surface area contributed by atoms with E-state index in [9.17, 15) is 4.79 Å². The van der Waals surface area contributed by atoms with E-state index in [0.717, 1.165) is 22.0 Å². The summed E-state index contributed by atoms with van der Waals surface area (Å²) in [6.07, 6.45) is 0.686. The number of aromatic amines is 1. The van der Waals surface area contributed by atoms with Crippen LogP contribution in [0.25, 0.3) is 10.6 Å². The van der Waals surface area contributed by atoms with Crippen molar-refractivity contribution < 1.29 is 4.79 Å². The van der Waals surface area contributed by atoms with E-state index in [1.54, 1.807) is 5.38 Å². The summed E-state index contributed by atoms with van der Waals surface area (Å²) in [6.45, 7) is 3.92. The third-order valence-electron chi connectivity index (χ3n) is 3.41. The van der Waals surface area contributed by atoms with Gasteiger partial charge >= 0.3 is 0 Å². The summed E-state index contributed by atoms with van der Waals surface area (Å²) in [5, 5.41) is 12.7. The Labute approximate surface area is 138 Å². The molecule has 0 unspecified atom stereocenters. The standard InChI is InChI=1S/C17H18N4OS/c1-11(8-14-9-12(2)20-21-14)18-16(22)15-10-23-17(19-15)13-6-4-3-5-7-13/h3-7,9-11H,8H2,1-2H3,(H,18,22)(H,20,21)/t11-/m0/s1. The maximum atomic E-state index is 12.3. The number of H-pyrrole nitrogens is 1. The number of benzene rings is 1. The van der Waals surface area contributed by atoms with Crippen molar-refractivity contribution in [1.82, 2.24) is 20.5 Å². The zero-order valence-corrected chi connectivity index (χ0v) is 13.9. The molecule has 0 aliphatic heterocycles. The second-order valence-corrected chi connectivity index (χ2v) is 6.38. The highest BCUT2D eigenvalue weighted by Gasteiger charge is 2.15. The molecule has 1 amide bonds. The molecule has 6 heteroatoms. The Morgan fingerprint density at radius 3 is 2.83 bits per heavy atom. The lowest BCUT2D eigenvalue weighted by Gasteiger charge is -2.11. The molecule has 0 saturated heterocycles. The predicted octanol–water partition coefficient (Wildman–Crippen LogP) is 3.20. The fourth-order valence-corrected chi connectivity index (χ4v) is 3.14. The Bertz CT molecular complexity index is 794. The van der Waals surface area contributed by atoms with Gasteiger partial charge in [-0.2, -0.15) is 5.10 Å². The van der Waals surface area contributed by atoms with E-state index in [2.05, 4.69) is 20.5 Å². The van der Waals surface area contributed by atoms with Gasteiger partial charge in [0.15, 0.2) is 0 Å². The van der Waals surface area contributed by atoms with Crippen molar-refractivity contribution in [1.29, 1.82) is 0 Å². The quantitative estimate of drug-likeness (QED) is 0.756. The molecule has 1 aromatic carbocycles. The number of amides is 1. The van der Waals surface area contributed by atoms with Gasteiger partial charge in [0.2, 0.25) is 0 Å². The summed E-state index contributed by atoms with van der Waals surface area (Å²) >= 11 is 1.48. The number of thiazole rings is 1. The Hall–Kier alpha value is -2.47. The molecule has 0 radical (unpaired) electrons. The van der Waals surface area contributed by atoms with Crippen LogP contribution in [0.3, 0.4) is 0 Å². The SMILES string of the molecule is Cc1cc(C[C@H](C)NC(=O)c2csc(-c3ccccc3)n2)n[nH]1. The van der Waals surface area contributed by atoms with Gasteiger partial charge in [-0.1, -0.05) is 30.3 Å². The molecule has 3 aromatic rings. The van der Waals surface area contributed by atoms with E-state index < -0.39 is 0 Å². The Kier molecular flexibility index (Phi) is 4.52. The van der Waals surface area contributed by atoms with Crippen LogP contribution in [0.4, 0.5) is 0 Å². The molecule has 2 N–H and O–H groups in total. The number of hydrogen-bond donors (Lipinski definition) is 2. The Morgan fingerprint density at radius 2 is 2.13 bits per heavy atom. The number of rotatable bonds is 5. The zero-order valence-electron chi connectivity index (χ0n) is 13.0. The number of aromatic nitrogens is 3. The lowest BCUT2D eigenvalue weighted by molar-refractivity contribution is 0.0935. The van der Waals surface area contributed by atoms with Crippen molar-refractivity contribution in [2.75, 3.05) is 0 Å². The van der Waals surface area contributed by atoms with Crippen LogP contribution >= 0.6 is 11.3 Å². The summed E-state index contributed by atoms with van der Waals surface area (Å²) in [7, 11) is 0. The largest absolute Gasteiger partial charge is 0.348 e. The Morgan fingerprint density at radius 1 is 1.35 bits per heavy atom. The molecule has 1 atom stereocenters. The molecule has 118 valence electrons. The zero-order chi connectivity index (χ0) is 16.2. The van der Waals surface area contributed by atoms with Crippen LogP contribution < -0.4 is 5.32 Å². The third-order valence-corrected chi connectivity index (χ3v) is 4.30. The molecule has 0 aliphatic carbocycles. The second-order valence-electron chi connectivity index (χ2n) is 5.52. The van der Waals surface area contributed by atoms with Gasteiger partial charge in [-0.05, 0) is 19.9 Å². The molecular formula is C17H18N4OS. The summed E-state index contributed by atoms with van der Waals surface area (Å²) in [5.41, 5.74) is 3.44. The van der Waals surface area contributed by atoms with Crippen molar-refractivity contribution in [2.45, 2.75) is 26.3 Å². The average Bonchev–Trinajstić information content (AvgIpc) is 3.17. The predicted molar refractivity (Wildman–Crippen MR) is 91.5 cm³/mol. The summed E-state index contributed by atoms with van der Waals surface area (Å²) in [6, 6.07) is 11.8. The third kappa shape index (κ3) is 3.84. The fraction of sp³-hybridized carbons (Fsp3) is 0.235. The van der Waals surface area contributed by atoms with Gasteiger partial charge in [0.25, 0.3) is 5.91 Å². The van der Waals surface area contributed by atoms with E-state index in [0.29, 0.717) is 12.1 Å². The van der Waals surface area contributed by atoms with E-state index in [4.69, 9.17) is 0 Å². The van der Waals surface area contributed by atoms with Gasteiger partial charge in [-0.25, -0.2) is 4.98 Å². The van der Waals surface area contributed by atoms with Crippen LogP contribution in [-0.4, -0.2) is 27.1 Å². The van der Waals surface area contributed by atoms with E-state index in [-0.39, 0.29) is 11.9 Å². The van der Waals surface area contributed by atoms with Crippen molar-refractivity contribution in [3.05, 3.63) is 58.9 Å². The number of carbonyl (C=O) groups is 1. The fourth-order valence-electron chi connectivity index (χ4n) is 2.33. The monoisotopic (exact) mass is 326 g/mol. The molecule has 0 saturated carbocycles. The minimum absolute atomic E-state index is 0.00734. The lowest BCUT2D eigenvalue weighted by atomic mass is 10.1. The van der Waals surface area contributed by atoms with Crippen molar-refractivity contribution in [3.63, 3.8) is 0 Å². The van der Waals surface area contributed by atoms with Crippen LogP contribution in [0.2, 0.25) is 0 Å². The molecule has 23 heavy (non-hydrogen) atoms. The first-order valence-corrected chi connectivity index (χ1v) is 8.32. The first-order chi connectivity index (χ1) is 11.1. The first kappa shape index (κ1) is 15.4. The summed E-state index contributed by atoms with van der Waals surface area (Å²) in [4.78, 5) is 16.7. The van der Waals surface area contributed by atoms with E-state index in [1.807, 2.05) is 50.2 Å². The molecule has 0 aliphatic rings. The topological polar surface area (TPSA) is 70.7 Å². The second kappa shape index (κ2) is 6.75. The number of hydrogen-bond acceptors (Lipinski definition) is 4. The van der Waals surface area contributed by atoms with Crippen LogP contribution in [0, 0.1) is 6.92 Å². The summed E-state index contributed by atoms with van der Waals surface area (Å²) < 4.78 is 0. The minimum Gasteiger partial charge on any atom is -0.348 e. The minimum atomic E-state index is -0.150. The highest BCUT2D eigenvalue weighted by Crippen LogP contribution is 2.23. The molecule has 0 spiro atoms. The average molecular weight is 326 g/mol. The normalized spacial score (nSPS) is 12.1. The Balaban J connectivity index is 1.63. The number of nitrogens with one attached hydrogen (secondary N) is 2. The van der Waals surface area contributed by atoms with Gasteiger partial charge in [0, 0.05) is 29.1 Å². The lowest BCUT2D eigenvalue weighted by Crippen LogP contribution is -2.34. The highest BCUT2D eigenvalue weighted by molar-refractivity contribution is 7.13. The van der Waals surface area contributed by atoms with Gasteiger partial charge in [0.05, 0.1) is 5.69 Å².